The Bertz CT molecular complexity index is 33.2. The van der Waals surface area contributed by atoms with E-state index in [0.29, 0.717) is 6.90 Å². The van der Waals surface area contributed by atoms with Crippen molar-refractivity contribution < 1.29 is 1.37 Å². The van der Waals surface area contributed by atoms with Crippen LogP contribution < -0.4 is 0 Å². The van der Waals surface area contributed by atoms with Crippen LogP contribution in [0, 0.1) is 0 Å². The summed E-state index contributed by atoms with van der Waals surface area (Å²) in [7, 11) is 0. The van der Waals surface area contributed by atoms with E-state index in [1.165, 1.54) is 0 Å². The van der Waals surface area contributed by atoms with Crippen molar-refractivity contribution in [2.75, 3.05) is 0 Å². The molecule has 0 aromatic rings. The monoisotopic (exact) mass is 71.1 g/mol. The van der Waals surface area contributed by atoms with Crippen LogP contribution in [0.4, 0.5) is 0 Å². The molecule has 0 radical (unpaired) electrons. The summed E-state index contributed by atoms with van der Waals surface area (Å²) < 4.78 is 6.62. The van der Waals surface area contributed by atoms with Gasteiger partial charge >= 0.3 is 0 Å². The topological polar surface area (TPSA) is 0 Å². The third-order valence-electron chi connectivity index (χ3n) is 0.402. The molecule has 0 heteroatoms. The molecule has 0 atom stereocenters. The summed E-state index contributed by atoms with van der Waals surface area (Å²) in [5.74, 6) is 0. The van der Waals surface area contributed by atoms with Crippen molar-refractivity contribution in [3.8, 4) is 0 Å². The van der Waals surface area contributed by atoms with Crippen molar-refractivity contribution in [1.29, 1.82) is 0 Å². The Morgan fingerprint density at radius 3 is 3.00 bits per heavy atom. The van der Waals surface area contributed by atoms with E-state index >= 15 is 0 Å². The minimum absolute atomic E-state index is 0.424. The summed E-state index contributed by atoms with van der Waals surface area (Å²) in [5, 5.41) is 0. The molecule has 30 valence electrons. The van der Waals surface area contributed by atoms with E-state index < -0.39 is 0 Å². The van der Waals surface area contributed by atoms with Crippen LogP contribution in [0.25, 0.3) is 0 Å². The SMILES string of the molecule is [2H]CC=CCC. The predicted octanol–water partition coefficient (Wildman–Crippen LogP) is 1.97. The van der Waals surface area contributed by atoms with Gasteiger partial charge in [-0.05, 0) is 13.3 Å². The smallest absolute Gasteiger partial charge is 0.0273 e. The van der Waals surface area contributed by atoms with E-state index in [1.54, 1.807) is 0 Å². The average molecular weight is 71.1 g/mol. The van der Waals surface area contributed by atoms with E-state index in [9.17, 15) is 0 Å². The second-order valence-electron chi connectivity index (χ2n) is 0.880. The first-order valence-corrected chi connectivity index (χ1v) is 1.86. The van der Waals surface area contributed by atoms with Crippen LogP contribution in [-0.2, 0) is 0 Å². The van der Waals surface area contributed by atoms with Crippen molar-refractivity contribution in [2.24, 2.45) is 0 Å². The van der Waals surface area contributed by atoms with Gasteiger partial charge in [-0.15, -0.1) is 0 Å². The first-order valence-electron chi connectivity index (χ1n) is 2.56. The largest absolute Gasteiger partial charge is 0.0917 e. The molecule has 0 aliphatic heterocycles. The van der Waals surface area contributed by atoms with Crippen molar-refractivity contribution in [2.45, 2.75) is 20.2 Å². The average Bonchev–Trinajstić information content (AvgIpc) is 1.61. The minimum Gasteiger partial charge on any atom is -0.0917 e. The molecule has 0 aromatic carbocycles. The van der Waals surface area contributed by atoms with Crippen LogP contribution in [-0.4, -0.2) is 0 Å². The lowest BCUT2D eigenvalue weighted by atomic mass is 10.4. The molecule has 5 heavy (non-hydrogen) atoms. The van der Waals surface area contributed by atoms with Gasteiger partial charge < -0.3 is 0 Å². The summed E-state index contributed by atoms with van der Waals surface area (Å²) in [4.78, 5) is 0. The first-order chi connectivity index (χ1) is 2.91. The van der Waals surface area contributed by atoms with Crippen molar-refractivity contribution >= 4 is 0 Å². The lowest BCUT2D eigenvalue weighted by Crippen LogP contribution is -1.43. The zero-order chi connectivity index (χ0) is 4.83. The van der Waals surface area contributed by atoms with E-state index in [1.807, 2.05) is 12.2 Å². The number of hydrogen-bond donors (Lipinski definition) is 0. The van der Waals surface area contributed by atoms with Crippen LogP contribution in [0.5, 0.6) is 0 Å². The highest BCUT2D eigenvalue weighted by molar-refractivity contribution is 4.73. The summed E-state index contributed by atoms with van der Waals surface area (Å²) in [6, 6.07) is 0. The van der Waals surface area contributed by atoms with Gasteiger partial charge in [0.1, 0.15) is 0 Å². The molecule has 0 heterocycles. The third kappa shape index (κ3) is 3.74. The minimum atomic E-state index is 0.424. The molecule has 0 spiro atoms. The second-order valence-corrected chi connectivity index (χ2v) is 0.880. The Hall–Kier alpha value is -0.260. The van der Waals surface area contributed by atoms with Gasteiger partial charge in [-0.3, -0.25) is 0 Å². The van der Waals surface area contributed by atoms with Crippen LogP contribution in [0.1, 0.15) is 21.6 Å². The summed E-state index contributed by atoms with van der Waals surface area (Å²) in [6.07, 6.45) is 4.89. The van der Waals surface area contributed by atoms with Gasteiger partial charge in [0.05, 0.1) is 0 Å². The maximum absolute atomic E-state index is 6.62. The van der Waals surface area contributed by atoms with Crippen molar-refractivity contribution in [3.63, 3.8) is 0 Å². The lowest BCUT2D eigenvalue weighted by molar-refractivity contribution is 1.22. The first kappa shape index (κ1) is 2.95. The van der Waals surface area contributed by atoms with Crippen LogP contribution in [0.3, 0.4) is 0 Å². The van der Waals surface area contributed by atoms with Crippen molar-refractivity contribution in [1.82, 2.24) is 0 Å². The molecule has 0 unspecified atom stereocenters. The molecule has 0 aliphatic rings. The Morgan fingerprint density at radius 1 is 2.00 bits per heavy atom. The number of rotatable bonds is 1. The zero-order valence-electron chi connectivity index (χ0n) is 4.57. The highest BCUT2D eigenvalue weighted by Gasteiger charge is 1.52. The maximum Gasteiger partial charge on any atom is 0.0273 e. The Labute approximate surface area is 34.9 Å². The van der Waals surface area contributed by atoms with E-state index in [-0.39, 0.29) is 0 Å². The number of allylic oxidation sites excluding steroid dienone is 2. The summed E-state index contributed by atoms with van der Waals surface area (Å²) in [5.41, 5.74) is 0. The van der Waals surface area contributed by atoms with Gasteiger partial charge in [0, 0.05) is 1.37 Å². The third-order valence-corrected chi connectivity index (χ3v) is 0.402. The van der Waals surface area contributed by atoms with Gasteiger partial charge in [0.15, 0.2) is 0 Å². The van der Waals surface area contributed by atoms with E-state index in [4.69, 9.17) is 1.37 Å². The fourth-order valence-electron chi connectivity index (χ4n) is 0.167. The van der Waals surface area contributed by atoms with Gasteiger partial charge in [-0.1, -0.05) is 19.1 Å². The Morgan fingerprint density at radius 2 is 2.80 bits per heavy atom. The molecule has 0 nitrogen and oxygen atoms in total. The molecular weight excluding hydrogens is 60.1 g/mol. The van der Waals surface area contributed by atoms with Gasteiger partial charge in [0.25, 0.3) is 0 Å². The quantitative estimate of drug-likeness (QED) is 0.414. The Balaban J connectivity index is 2.73. The molecule has 0 aromatic heterocycles. The summed E-state index contributed by atoms with van der Waals surface area (Å²) in [6.45, 7) is 2.49. The molecular formula is C5H10. The molecule has 0 aliphatic carbocycles. The van der Waals surface area contributed by atoms with Crippen LogP contribution in [0.15, 0.2) is 12.2 Å². The fourth-order valence-corrected chi connectivity index (χ4v) is 0.167. The normalized spacial score (nSPS) is 12.6. The Kier molecular flexibility index (Phi) is 2.21. The van der Waals surface area contributed by atoms with Crippen LogP contribution in [0.2, 0.25) is 0 Å². The lowest BCUT2D eigenvalue weighted by Gasteiger charge is -1.65. The van der Waals surface area contributed by atoms with Gasteiger partial charge in [0.2, 0.25) is 0 Å². The molecule has 0 bridgehead atoms. The van der Waals surface area contributed by atoms with E-state index in [0.717, 1.165) is 6.42 Å². The van der Waals surface area contributed by atoms with E-state index in [2.05, 4.69) is 6.92 Å². The molecule has 0 N–H and O–H groups in total. The zero-order valence-corrected chi connectivity index (χ0v) is 3.57. The van der Waals surface area contributed by atoms with Gasteiger partial charge in [-0.2, -0.15) is 0 Å². The fraction of sp³-hybridized carbons (Fsp3) is 0.600. The maximum atomic E-state index is 6.62. The predicted molar refractivity (Wildman–Crippen MR) is 25.1 cm³/mol. The molecule has 0 amide bonds. The molecule has 0 rings (SSSR count). The highest BCUT2D eigenvalue weighted by Crippen LogP contribution is 1.73. The summed E-state index contributed by atoms with van der Waals surface area (Å²) >= 11 is 0. The molecule has 0 saturated carbocycles. The standard InChI is InChI=1S/C5H10/c1-3-5-4-2/h3,5H,4H2,1-2H3/i1D. The van der Waals surface area contributed by atoms with Gasteiger partial charge in [-0.25, -0.2) is 0 Å². The number of hydrogen-bond acceptors (Lipinski definition) is 0. The van der Waals surface area contributed by atoms with Crippen molar-refractivity contribution in [3.05, 3.63) is 12.2 Å². The molecule has 0 saturated heterocycles. The highest BCUT2D eigenvalue weighted by atomic mass is 13.6. The molecule has 0 fully saturated rings. The van der Waals surface area contributed by atoms with Crippen LogP contribution >= 0.6 is 0 Å². The second kappa shape index (κ2) is 3.74.